The number of hydrogen-bond acceptors (Lipinski definition) is 5. The molecule has 0 saturated heterocycles. The molecule has 0 aliphatic carbocycles. The number of imidazole rings is 1. The van der Waals surface area contributed by atoms with Gasteiger partial charge in [-0.05, 0) is 17.5 Å². The van der Waals surface area contributed by atoms with Crippen LogP contribution in [0.1, 0.15) is 45.3 Å². The highest BCUT2D eigenvalue weighted by Crippen LogP contribution is 2.36. The van der Waals surface area contributed by atoms with Crippen molar-refractivity contribution < 1.29 is 4.42 Å². The monoisotopic (exact) mass is 325 g/mol. The molecule has 6 nitrogen and oxygen atoms in total. The Balaban J connectivity index is 1.89. The molecule has 1 N–H and O–H groups in total. The second kappa shape index (κ2) is 6.47. The van der Waals surface area contributed by atoms with Gasteiger partial charge in [0, 0.05) is 24.9 Å². The SMILES string of the molecule is CCc1ccc([C@H](Nc2cc(-n3ccnc3)ncn2)C(C)(C)C)o1. The van der Waals surface area contributed by atoms with Crippen molar-refractivity contribution in [2.45, 2.75) is 40.2 Å². The van der Waals surface area contributed by atoms with Crippen LogP contribution < -0.4 is 5.32 Å². The number of furan rings is 1. The van der Waals surface area contributed by atoms with E-state index in [9.17, 15) is 0 Å². The first kappa shape index (κ1) is 16.2. The van der Waals surface area contributed by atoms with Crippen LogP contribution in [0, 0.1) is 5.41 Å². The zero-order valence-corrected chi connectivity index (χ0v) is 14.5. The number of anilines is 1. The van der Waals surface area contributed by atoms with E-state index in [2.05, 4.69) is 48.0 Å². The summed E-state index contributed by atoms with van der Waals surface area (Å²) in [6.07, 6.45) is 7.73. The molecule has 0 bridgehead atoms. The van der Waals surface area contributed by atoms with Crippen molar-refractivity contribution in [2.75, 3.05) is 5.32 Å². The number of nitrogens with one attached hydrogen (secondary N) is 1. The van der Waals surface area contributed by atoms with Crippen LogP contribution in [0.3, 0.4) is 0 Å². The highest BCUT2D eigenvalue weighted by atomic mass is 16.3. The Bertz CT molecular complexity index is 786. The van der Waals surface area contributed by atoms with Gasteiger partial charge in [0.25, 0.3) is 0 Å². The lowest BCUT2D eigenvalue weighted by Gasteiger charge is -2.30. The molecule has 0 amide bonds. The van der Waals surface area contributed by atoms with Gasteiger partial charge in [0.2, 0.25) is 0 Å². The summed E-state index contributed by atoms with van der Waals surface area (Å²) in [6.45, 7) is 8.62. The fraction of sp³-hybridized carbons (Fsp3) is 0.389. The minimum atomic E-state index is -0.0387. The second-order valence-electron chi connectivity index (χ2n) is 6.83. The van der Waals surface area contributed by atoms with Crippen LogP contribution in [-0.4, -0.2) is 19.5 Å². The van der Waals surface area contributed by atoms with Gasteiger partial charge in [0.05, 0.1) is 6.04 Å². The quantitative estimate of drug-likeness (QED) is 0.767. The van der Waals surface area contributed by atoms with Crippen LogP contribution in [0.25, 0.3) is 5.82 Å². The van der Waals surface area contributed by atoms with Crippen molar-refractivity contribution in [1.82, 2.24) is 19.5 Å². The van der Waals surface area contributed by atoms with Gasteiger partial charge in [0.1, 0.15) is 35.8 Å². The molecule has 0 aliphatic heterocycles. The van der Waals surface area contributed by atoms with E-state index in [0.717, 1.165) is 29.6 Å². The number of hydrogen-bond donors (Lipinski definition) is 1. The summed E-state index contributed by atoms with van der Waals surface area (Å²) < 4.78 is 7.82. The maximum Gasteiger partial charge on any atom is 0.143 e. The average molecular weight is 325 g/mol. The third kappa shape index (κ3) is 3.48. The summed E-state index contributed by atoms with van der Waals surface area (Å²) >= 11 is 0. The van der Waals surface area contributed by atoms with Gasteiger partial charge in [-0.15, -0.1) is 0 Å². The summed E-state index contributed by atoms with van der Waals surface area (Å²) in [6, 6.07) is 5.99. The Kier molecular flexibility index (Phi) is 4.38. The molecule has 0 radical (unpaired) electrons. The van der Waals surface area contributed by atoms with E-state index in [0.29, 0.717) is 0 Å². The molecule has 0 aromatic carbocycles. The highest BCUT2D eigenvalue weighted by molar-refractivity contribution is 5.42. The lowest BCUT2D eigenvalue weighted by atomic mass is 9.85. The first-order chi connectivity index (χ1) is 11.5. The standard InChI is InChI=1S/C18H23N5O/c1-5-13-6-7-14(24-13)17(18(2,3)4)22-15-10-16(21-11-20-15)23-9-8-19-12-23/h6-12,17H,5H2,1-4H3,(H,20,21,22)/t17-/m0/s1. The van der Waals surface area contributed by atoms with Crippen LogP contribution in [0.4, 0.5) is 5.82 Å². The summed E-state index contributed by atoms with van der Waals surface area (Å²) in [5.41, 5.74) is -0.0387. The molecule has 3 heterocycles. The summed E-state index contributed by atoms with van der Waals surface area (Å²) in [5, 5.41) is 3.50. The smallest absolute Gasteiger partial charge is 0.143 e. The van der Waals surface area contributed by atoms with Crippen molar-refractivity contribution >= 4 is 5.82 Å². The maximum absolute atomic E-state index is 5.98. The molecule has 0 fully saturated rings. The van der Waals surface area contributed by atoms with Gasteiger partial charge >= 0.3 is 0 Å². The molecule has 0 saturated carbocycles. The maximum atomic E-state index is 5.98. The lowest BCUT2D eigenvalue weighted by Crippen LogP contribution is -2.26. The molecule has 1 atom stereocenters. The summed E-state index contributed by atoms with van der Waals surface area (Å²) in [5.74, 6) is 3.43. The Morgan fingerprint density at radius 3 is 2.71 bits per heavy atom. The van der Waals surface area contributed by atoms with E-state index in [4.69, 9.17) is 4.42 Å². The molecule has 126 valence electrons. The Morgan fingerprint density at radius 1 is 1.25 bits per heavy atom. The van der Waals surface area contributed by atoms with Gasteiger partial charge in [-0.2, -0.15) is 0 Å². The fourth-order valence-electron chi connectivity index (χ4n) is 2.56. The molecular weight excluding hydrogens is 302 g/mol. The number of rotatable bonds is 5. The third-order valence-electron chi connectivity index (χ3n) is 3.90. The lowest BCUT2D eigenvalue weighted by molar-refractivity contribution is 0.298. The first-order valence-corrected chi connectivity index (χ1v) is 8.13. The molecule has 0 spiro atoms. The predicted molar refractivity (Wildman–Crippen MR) is 93.1 cm³/mol. The number of aromatic nitrogens is 4. The third-order valence-corrected chi connectivity index (χ3v) is 3.90. The van der Waals surface area contributed by atoms with E-state index >= 15 is 0 Å². The van der Waals surface area contributed by atoms with E-state index in [1.165, 1.54) is 0 Å². The Labute approximate surface area is 142 Å². The summed E-state index contributed by atoms with van der Waals surface area (Å²) in [7, 11) is 0. The molecule has 3 rings (SSSR count). The minimum absolute atomic E-state index is 0.00309. The molecule has 3 aromatic rings. The molecule has 3 aromatic heterocycles. The van der Waals surface area contributed by atoms with Gasteiger partial charge in [-0.25, -0.2) is 15.0 Å². The zero-order chi connectivity index (χ0) is 17.2. The molecule has 6 heteroatoms. The van der Waals surface area contributed by atoms with Crippen LogP contribution >= 0.6 is 0 Å². The normalized spacial score (nSPS) is 13.0. The molecule has 0 aliphatic rings. The highest BCUT2D eigenvalue weighted by Gasteiger charge is 2.29. The van der Waals surface area contributed by atoms with Crippen LogP contribution in [-0.2, 0) is 6.42 Å². The topological polar surface area (TPSA) is 68.8 Å². The second-order valence-corrected chi connectivity index (χ2v) is 6.83. The van der Waals surface area contributed by atoms with E-state index in [1.807, 2.05) is 29.0 Å². The van der Waals surface area contributed by atoms with Gasteiger partial charge in [-0.1, -0.05) is 27.7 Å². The Hall–Kier alpha value is -2.63. The zero-order valence-electron chi connectivity index (χ0n) is 14.5. The van der Waals surface area contributed by atoms with Gasteiger partial charge in [-0.3, -0.25) is 4.57 Å². The minimum Gasteiger partial charge on any atom is -0.464 e. The van der Waals surface area contributed by atoms with Crippen LogP contribution in [0.15, 0.2) is 47.7 Å². The first-order valence-electron chi connectivity index (χ1n) is 8.13. The number of nitrogens with zero attached hydrogens (tertiary/aromatic N) is 4. The van der Waals surface area contributed by atoms with E-state index in [1.54, 1.807) is 18.9 Å². The molecule has 0 unspecified atom stereocenters. The van der Waals surface area contributed by atoms with Gasteiger partial charge in [0.15, 0.2) is 0 Å². The predicted octanol–water partition coefficient (Wildman–Crippen LogP) is 4.02. The van der Waals surface area contributed by atoms with Gasteiger partial charge < -0.3 is 9.73 Å². The fourth-order valence-corrected chi connectivity index (χ4v) is 2.56. The molecule has 24 heavy (non-hydrogen) atoms. The van der Waals surface area contributed by atoms with E-state index in [-0.39, 0.29) is 11.5 Å². The van der Waals surface area contributed by atoms with Crippen LogP contribution in [0.5, 0.6) is 0 Å². The number of aryl methyl sites for hydroxylation is 1. The average Bonchev–Trinajstić information content (AvgIpc) is 3.23. The van der Waals surface area contributed by atoms with Crippen molar-refractivity contribution in [3.8, 4) is 5.82 Å². The van der Waals surface area contributed by atoms with Crippen molar-refractivity contribution in [2.24, 2.45) is 5.41 Å². The van der Waals surface area contributed by atoms with Crippen molar-refractivity contribution in [3.63, 3.8) is 0 Å². The molecular formula is C18H23N5O. The van der Waals surface area contributed by atoms with Crippen molar-refractivity contribution in [3.05, 3.63) is 54.8 Å². The van der Waals surface area contributed by atoms with E-state index < -0.39 is 0 Å². The van der Waals surface area contributed by atoms with Crippen LogP contribution in [0.2, 0.25) is 0 Å². The largest absolute Gasteiger partial charge is 0.464 e. The summed E-state index contributed by atoms with van der Waals surface area (Å²) in [4.78, 5) is 12.7. The Morgan fingerprint density at radius 2 is 2.08 bits per heavy atom. The van der Waals surface area contributed by atoms with Crippen molar-refractivity contribution in [1.29, 1.82) is 0 Å².